The number of ether oxygens (including phenoxy) is 4. The van der Waals surface area contributed by atoms with E-state index >= 15 is 0 Å². The Hall–Kier alpha value is -1.45. The number of unbranched alkanes of at least 4 members (excludes halogenated alkanes) is 5. The SMILES string of the molecule is CCCCCCCCC(CCCOc1c(F)c(F)c(F)c(F)c1F)C(OC)(OC)OCC. The van der Waals surface area contributed by atoms with Gasteiger partial charge >= 0.3 is 0 Å². The van der Waals surface area contributed by atoms with Gasteiger partial charge in [-0.2, -0.15) is 8.78 Å². The second kappa shape index (κ2) is 14.6. The summed E-state index contributed by atoms with van der Waals surface area (Å²) in [7, 11) is 2.94. The van der Waals surface area contributed by atoms with Crippen LogP contribution in [-0.4, -0.2) is 33.4 Å². The molecule has 0 aliphatic rings. The van der Waals surface area contributed by atoms with Gasteiger partial charge < -0.3 is 18.9 Å². The maximum Gasteiger partial charge on any atom is 0.285 e. The molecule has 0 aliphatic heterocycles. The molecule has 1 atom stereocenters. The van der Waals surface area contributed by atoms with E-state index in [0.29, 0.717) is 13.0 Å². The summed E-state index contributed by atoms with van der Waals surface area (Å²) in [5.74, 6) is -13.0. The molecule has 0 saturated carbocycles. The van der Waals surface area contributed by atoms with Crippen LogP contribution in [0.2, 0.25) is 0 Å². The first-order chi connectivity index (χ1) is 15.3. The summed E-state index contributed by atoms with van der Waals surface area (Å²) in [6.45, 7) is 4.05. The van der Waals surface area contributed by atoms with E-state index in [2.05, 4.69) is 6.92 Å². The third-order valence-electron chi connectivity index (χ3n) is 5.43. The number of hydrogen-bond donors (Lipinski definition) is 0. The molecule has 1 aromatic rings. The van der Waals surface area contributed by atoms with Crippen molar-refractivity contribution >= 4 is 0 Å². The largest absolute Gasteiger partial charge is 0.487 e. The number of rotatable bonds is 17. The topological polar surface area (TPSA) is 36.9 Å². The Labute approximate surface area is 187 Å². The fraction of sp³-hybridized carbons (Fsp3) is 0.739. The summed E-state index contributed by atoms with van der Waals surface area (Å²) in [5.41, 5.74) is 0. The molecule has 0 aromatic heterocycles. The maximum absolute atomic E-state index is 13.8. The second-order valence-electron chi connectivity index (χ2n) is 7.59. The van der Waals surface area contributed by atoms with Crippen molar-refractivity contribution in [3.05, 3.63) is 29.1 Å². The van der Waals surface area contributed by atoms with Crippen molar-refractivity contribution in [2.75, 3.05) is 27.4 Å². The van der Waals surface area contributed by atoms with Crippen LogP contribution in [0.3, 0.4) is 0 Å². The van der Waals surface area contributed by atoms with Gasteiger partial charge in [-0.1, -0.05) is 45.4 Å². The van der Waals surface area contributed by atoms with Crippen LogP contribution in [0.25, 0.3) is 0 Å². The molecule has 4 nitrogen and oxygen atoms in total. The van der Waals surface area contributed by atoms with Gasteiger partial charge in [0.05, 0.1) is 6.61 Å². The van der Waals surface area contributed by atoms with Gasteiger partial charge in [-0.15, -0.1) is 0 Å². The minimum absolute atomic E-state index is 0.219. The number of methoxy groups -OCH3 is 2. The molecule has 1 rings (SSSR count). The Balaban J connectivity index is 2.77. The highest BCUT2D eigenvalue weighted by Crippen LogP contribution is 2.34. The second-order valence-corrected chi connectivity index (χ2v) is 7.59. The molecule has 186 valence electrons. The molecule has 1 aromatic carbocycles. The molecule has 0 radical (unpaired) electrons. The highest BCUT2D eigenvalue weighted by molar-refractivity contribution is 5.29. The van der Waals surface area contributed by atoms with E-state index in [1.807, 2.05) is 0 Å². The Morgan fingerprint density at radius 2 is 1.19 bits per heavy atom. The normalized spacial score (nSPS) is 12.9. The summed E-state index contributed by atoms with van der Waals surface area (Å²) >= 11 is 0. The number of benzene rings is 1. The molecule has 0 heterocycles. The number of halogens is 5. The molecule has 0 saturated heterocycles. The van der Waals surface area contributed by atoms with Crippen molar-refractivity contribution in [2.45, 2.75) is 77.6 Å². The highest BCUT2D eigenvalue weighted by Gasteiger charge is 2.40. The van der Waals surface area contributed by atoms with Gasteiger partial charge in [-0.25, -0.2) is 13.2 Å². The zero-order valence-electron chi connectivity index (χ0n) is 19.4. The first kappa shape index (κ1) is 28.6. The molecule has 0 amide bonds. The van der Waals surface area contributed by atoms with E-state index in [1.54, 1.807) is 6.92 Å². The van der Waals surface area contributed by atoms with Crippen LogP contribution in [0.1, 0.15) is 71.6 Å². The van der Waals surface area contributed by atoms with Crippen LogP contribution in [-0.2, 0) is 14.2 Å². The minimum Gasteiger partial charge on any atom is -0.487 e. The molecule has 0 N–H and O–H groups in total. The van der Waals surface area contributed by atoms with Gasteiger partial charge in [0, 0.05) is 26.7 Å². The summed E-state index contributed by atoms with van der Waals surface area (Å²) < 4.78 is 89.1. The summed E-state index contributed by atoms with van der Waals surface area (Å²) in [4.78, 5) is 0. The monoisotopic (exact) mass is 470 g/mol. The lowest BCUT2D eigenvalue weighted by Gasteiger charge is -2.37. The lowest BCUT2D eigenvalue weighted by atomic mass is 9.93. The van der Waals surface area contributed by atoms with Gasteiger partial charge in [0.1, 0.15) is 0 Å². The van der Waals surface area contributed by atoms with Crippen molar-refractivity contribution in [1.29, 1.82) is 0 Å². The summed E-state index contributed by atoms with van der Waals surface area (Å²) in [6.07, 6.45) is 8.00. The third-order valence-corrected chi connectivity index (χ3v) is 5.43. The van der Waals surface area contributed by atoms with Crippen LogP contribution in [0.5, 0.6) is 5.75 Å². The van der Waals surface area contributed by atoms with Gasteiger partial charge in [0.15, 0.2) is 5.75 Å². The van der Waals surface area contributed by atoms with Gasteiger partial charge in [-0.05, 0) is 26.2 Å². The molecule has 9 heteroatoms. The summed E-state index contributed by atoms with van der Waals surface area (Å²) in [5, 5.41) is 0. The molecule has 32 heavy (non-hydrogen) atoms. The number of hydrogen-bond acceptors (Lipinski definition) is 4. The van der Waals surface area contributed by atoms with Gasteiger partial charge in [0.2, 0.25) is 29.1 Å². The zero-order valence-corrected chi connectivity index (χ0v) is 19.4. The first-order valence-electron chi connectivity index (χ1n) is 11.2. The van der Waals surface area contributed by atoms with Crippen molar-refractivity contribution < 1.29 is 40.9 Å². The van der Waals surface area contributed by atoms with Crippen molar-refractivity contribution in [3.8, 4) is 5.75 Å². The molecule has 0 spiro atoms. The Morgan fingerprint density at radius 1 is 0.688 bits per heavy atom. The minimum atomic E-state index is -2.21. The van der Waals surface area contributed by atoms with Crippen molar-refractivity contribution in [1.82, 2.24) is 0 Å². The average Bonchev–Trinajstić information content (AvgIpc) is 2.80. The smallest absolute Gasteiger partial charge is 0.285 e. The Bertz CT molecular complexity index is 654. The van der Waals surface area contributed by atoms with Crippen LogP contribution in [0, 0.1) is 35.0 Å². The molecule has 0 bridgehead atoms. The fourth-order valence-corrected chi connectivity index (χ4v) is 3.74. The van der Waals surface area contributed by atoms with Gasteiger partial charge in [-0.3, -0.25) is 0 Å². The zero-order chi connectivity index (χ0) is 24.1. The predicted molar refractivity (Wildman–Crippen MR) is 111 cm³/mol. The van der Waals surface area contributed by atoms with Crippen LogP contribution in [0.15, 0.2) is 0 Å². The van der Waals surface area contributed by atoms with Gasteiger partial charge in [0.25, 0.3) is 5.97 Å². The van der Waals surface area contributed by atoms with Crippen LogP contribution >= 0.6 is 0 Å². The molecule has 0 aliphatic carbocycles. The third kappa shape index (κ3) is 7.56. The molecular weight excluding hydrogens is 435 g/mol. The predicted octanol–water partition coefficient (Wildman–Crippen LogP) is 6.89. The lowest BCUT2D eigenvalue weighted by molar-refractivity contribution is -0.388. The lowest BCUT2D eigenvalue weighted by Crippen LogP contribution is -2.45. The van der Waals surface area contributed by atoms with Crippen molar-refractivity contribution in [2.24, 2.45) is 5.92 Å². The molecule has 1 unspecified atom stereocenters. The van der Waals surface area contributed by atoms with Crippen LogP contribution < -0.4 is 4.74 Å². The van der Waals surface area contributed by atoms with E-state index in [4.69, 9.17) is 18.9 Å². The molecule has 0 fully saturated rings. The molecular formula is C23H35F5O4. The quantitative estimate of drug-likeness (QED) is 0.0817. The maximum atomic E-state index is 13.8. The van der Waals surface area contributed by atoms with E-state index in [9.17, 15) is 22.0 Å². The Kier molecular flexibility index (Phi) is 13.1. The standard InChI is InChI=1S/C23H35F5O4/c1-5-7-8-9-10-11-13-16(23(29-3,30-4)32-6-2)14-12-15-31-22-20(27)18(25)17(24)19(26)21(22)28/h16H,5-15H2,1-4H3. The van der Waals surface area contributed by atoms with Crippen LogP contribution in [0.4, 0.5) is 22.0 Å². The average molecular weight is 471 g/mol. The van der Waals surface area contributed by atoms with Crippen molar-refractivity contribution in [3.63, 3.8) is 0 Å². The fourth-order valence-electron chi connectivity index (χ4n) is 3.74. The first-order valence-corrected chi connectivity index (χ1v) is 11.2. The van der Waals surface area contributed by atoms with E-state index in [1.165, 1.54) is 27.1 Å². The van der Waals surface area contributed by atoms with E-state index in [0.717, 1.165) is 32.1 Å². The van der Waals surface area contributed by atoms with E-state index < -0.39 is 40.8 Å². The van der Waals surface area contributed by atoms with E-state index in [-0.39, 0.29) is 18.9 Å². The Morgan fingerprint density at radius 3 is 1.72 bits per heavy atom. The highest BCUT2D eigenvalue weighted by atomic mass is 19.2. The summed E-state index contributed by atoms with van der Waals surface area (Å²) in [6, 6.07) is 0.